The van der Waals surface area contributed by atoms with Crippen LogP contribution < -0.4 is 0 Å². The van der Waals surface area contributed by atoms with Crippen LogP contribution in [-0.2, 0) is 10.6 Å². The number of carbonyl (C=O) groups is 1. The maximum atomic E-state index is 12.8. The van der Waals surface area contributed by atoms with E-state index in [1.54, 1.807) is 22.6 Å². The highest BCUT2D eigenvalue weighted by molar-refractivity contribution is 14.1. The number of rotatable bonds is 3. The third kappa shape index (κ3) is 2.60. The summed E-state index contributed by atoms with van der Waals surface area (Å²) in [5.74, 6) is -0.984. The summed E-state index contributed by atoms with van der Waals surface area (Å²) >= 11 is 7.29. The van der Waals surface area contributed by atoms with Gasteiger partial charge in [-0.05, 0) is 22.6 Å². The SMILES string of the molecule is COC(=O)c1ncc(I)c(C(F)F)c1CCl. The van der Waals surface area contributed by atoms with Crippen molar-refractivity contribution in [3.63, 3.8) is 0 Å². The Morgan fingerprint density at radius 1 is 1.69 bits per heavy atom. The number of methoxy groups -OCH3 is 1. The van der Waals surface area contributed by atoms with Crippen LogP contribution >= 0.6 is 34.2 Å². The molecule has 0 N–H and O–H groups in total. The van der Waals surface area contributed by atoms with Gasteiger partial charge in [0.15, 0.2) is 5.69 Å². The molecule has 1 rings (SSSR count). The van der Waals surface area contributed by atoms with Gasteiger partial charge in [0.1, 0.15) is 0 Å². The van der Waals surface area contributed by atoms with E-state index in [4.69, 9.17) is 11.6 Å². The molecule has 0 amide bonds. The molecule has 1 aromatic heterocycles. The first-order chi connectivity index (χ1) is 7.52. The Hall–Kier alpha value is -0.500. The molecule has 3 nitrogen and oxygen atoms in total. The van der Waals surface area contributed by atoms with Crippen LogP contribution in [0.4, 0.5) is 8.78 Å². The Balaban J connectivity index is 3.42. The molecule has 0 aliphatic carbocycles. The molecule has 16 heavy (non-hydrogen) atoms. The van der Waals surface area contributed by atoms with E-state index in [1.165, 1.54) is 6.20 Å². The fourth-order valence-corrected chi connectivity index (χ4v) is 2.15. The number of hydrogen-bond donors (Lipinski definition) is 0. The van der Waals surface area contributed by atoms with Gasteiger partial charge in [-0.25, -0.2) is 18.6 Å². The van der Waals surface area contributed by atoms with Gasteiger partial charge in [-0.1, -0.05) is 0 Å². The molecule has 0 saturated heterocycles. The summed E-state index contributed by atoms with van der Waals surface area (Å²) in [5, 5.41) is 0. The summed E-state index contributed by atoms with van der Waals surface area (Å²) in [7, 11) is 1.15. The summed E-state index contributed by atoms with van der Waals surface area (Å²) in [4.78, 5) is 15.1. The molecular weight excluding hydrogens is 354 g/mol. The fraction of sp³-hybridized carbons (Fsp3) is 0.333. The largest absolute Gasteiger partial charge is 0.464 e. The van der Waals surface area contributed by atoms with Crippen LogP contribution in [0, 0.1) is 3.57 Å². The van der Waals surface area contributed by atoms with Crippen LogP contribution in [0.25, 0.3) is 0 Å². The number of hydrogen-bond acceptors (Lipinski definition) is 3. The molecule has 0 aliphatic heterocycles. The number of aromatic nitrogens is 1. The molecule has 1 heterocycles. The smallest absolute Gasteiger partial charge is 0.356 e. The number of alkyl halides is 3. The molecule has 0 fully saturated rings. The summed E-state index contributed by atoms with van der Waals surface area (Å²) in [5.41, 5.74) is -0.394. The van der Waals surface area contributed by atoms with Crippen molar-refractivity contribution in [1.29, 1.82) is 0 Å². The van der Waals surface area contributed by atoms with E-state index in [9.17, 15) is 13.6 Å². The molecular formula is C9H7ClF2INO2. The van der Waals surface area contributed by atoms with Crippen molar-refractivity contribution in [2.45, 2.75) is 12.3 Å². The summed E-state index contributed by atoms with van der Waals surface area (Å²) in [6, 6.07) is 0. The lowest BCUT2D eigenvalue weighted by atomic mass is 10.1. The molecule has 0 bridgehead atoms. The Labute approximate surface area is 109 Å². The lowest BCUT2D eigenvalue weighted by Crippen LogP contribution is -2.11. The van der Waals surface area contributed by atoms with Crippen LogP contribution in [-0.4, -0.2) is 18.1 Å². The molecule has 88 valence electrons. The third-order valence-corrected chi connectivity index (χ3v) is 3.03. The second kappa shape index (κ2) is 5.72. The molecule has 0 radical (unpaired) electrons. The highest BCUT2D eigenvalue weighted by atomic mass is 127. The molecule has 0 aromatic carbocycles. The Bertz CT molecular complexity index is 415. The molecule has 1 aromatic rings. The van der Waals surface area contributed by atoms with Gasteiger partial charge in [-0.3, -0.25) is 0 Å². The monoisotopic (exact) mass is 361 g/mol. The molecule has 0 unspecified atom stereocenters. The van der Waals surface area contributed by atoms with Gasteiger partial charge in [0, 0.05) is 20.9 Å². The number of pyridine rings is 1. The minimum absolute atomic E-state index is 0.0235. The lowest BCUT2D eigenvalue weighted by molar-refractivity contribution is 0.0592. The topological polar surface area (TPSA) is 39.2 Å². The number of halogens is 4. The molecule has 0 saturated carbocycles. The summed E-state index contributed by atoms with van der Waals surface area (Å²) < 4.78 is 30.3. The second-order valence-corrected chi connectivity index (χ2v) is 4.20. The van der Waals surface area contributed by atoms with Gasteiger partial charge in [0.05, 0.1) is 13.0 Å². The first-order valence-corrected chi connectivity index (χ1v) is 5.74. The highest BCUT2D eigenvalue weighted by Crippen LogP contribution is 2.30. The van der Waals surface area contributed by atoms with E-state index >= 15 is 0 Å². The zero-order chi connectivity index (χ0) is 12.3. The van der Waals surface area contributed by atoms with Crippen LogP contribution in [0.1, 0.15) is 28.0 Å². The van der Waals surface area contributed by atoms with Gasteiger partial charge in [-0.2, -0.15) is 0 Å². The maximum Gasteiger partial charge on any atom is 0.356 e. The van der Waals surface area contributed by atoms with Crippen molar-refractivity contribution in [3.8, 4) is 0 Å². The number of esters is 1. The highest BCUT2D eigenvalue weighted by Gasteiger charge is 2.23. The zero-order valence-electron chi connectivity index (χ0n) is 8.14. The molecule has 0 atom stereocenters. The molecule has 0 spiro atoms. The van der Waals surface area contributed by atoms with Gasteiger partial charge in [-0.15, -0.1) is 11.6 Å². The first-order valence-electron chi connectivity index (χ1n) is 4.12. The summed E-state index contributed by atoms with van der Waals surface area (Å²) in [6.07, 6.45) is -1.50. The van der Waals surface area contributed by atoms with Crippen molar-refractivity contribution in [3.05, 3.63) is 26.6 Å². The standard InChI is InChI=1S/C9H7ClF2INO2/c1-16-9(15)7-4(2-10)6(8(11)12)5(13)3-14-7/h3,8H,2H2,1H3. The van der Waals surface area contributed by atoms with Crippen LogP contribution in [0.15, 0.2) is 6.20 Å². The Kier molecular flexibility index (Phi) is 4.85. The van der Waals surface area contributed by atoms with E-state index < -0.39 is 12.4 Å². The zero-order valence-corrected chi connectivity index (χ0v) is 11.1. The van der Waals surface area contributed by atoms with Gasteiger partial charge >= 0.3 is 5.97 Å². The van der Waals surface area contributed by atoms with Crippen molar-refractivity contribution >= 4 is 40.2 Å². The van der Waals surface area contributed by atoms with Crippen LogP contribution in [0.5, 0.6) is 0 Å². The third-order valence-electron chi connectivity index (χ3n) is 1.91. The van der Waals surface area contributed by atoms with Gasteiger partial charge < -0.3 is 4.74 Å². The van der Waals surface area contributed by atoms with E-state index in [0.717, 1.165) is 7.11 Å². The molecule has 7 heteroatoms. The number of carbonyl (C=O) groups excluding carboxylic acids is 1. The predicted molar refractivity (Wildman–Crippen MR) is 62.8 cm³/mol. The molecule has 0 aliphatic rings. The Morgan fingerprint density at radius 2 is 2.31 bits per heavy atom. The van der Waals surface area contributed by atoms with Crippen LogP contribution in [0.2, 0.25) is 0 Å². The average Bonchev–Trinajstić information content (AvgIpc) is 2.26. The van der Waals surface area contributed by atoms with Gasteiger partial charge in [0.2, 0.25) is 0 Å². The lowest BCUT2D eigenvalue weighted by Gasteiger charge is -2.11. The van der Waals surface area contributed by atoms with E-state index in [0.29, 0.717) is 0 Å². The minimum atomic E-state index is -2.70. The quantitative estimate of drug-likeness (QED) is 0.472. The first kappa shape index (κ1) is 13.6. The average molecular weight is 362 g/mol. The second-order valence-electron chi connectivity index (χ2n) is 2.77. The fourth-order valence-electron chi connectivity index (χ4n) is 1.18. The van der Waals surface area contributed by atoms with Crippen molar-refractivity contribution in [2.75, 3.05) is 7.11 Å². The van der Waals surface area contributed by atoms with E-state index in [2.05, 4.69) is 9.72 Å². The Morgan fingerprint density at radius 3 is 2.75 bits per heavy atom. The van der Waals surface area contributed by atoms with E-state index in [1.807, 2.05) is 0 Å². The predicted octanol–water partition coefficient (Wildman–Crippen LogP) is 3.15. The number of ether oxygens (including phenoxy) is 1. The van der Waals surface area contributed by atoms with Gasteiger partial charge in [0.25, 0.3) is 6.43 Å². The number of nitrogens with zero attached hydrogens (tertiary/aromatic N) is 1. The van der Waals surface area contributed by atoms with Crippen molar-refractivity contribution in [2.24, 2.45) is 0 Å². The normalized spacial score (nSPS) is 10.6. The summed E-state index contributed by atoms with van der Waals surface area (Å²) in [6.45, 7) is 0. The maximum absolute atomic E-state index is 12.8. The van der Waals surface area contributed by atoms with Crippen molar-refractivity contribution in [1.82, 2.24) is 4.98 Å². The van der Waals surface area contributed by atoms with E-state index in [-0.39, 0.29) is 26.3 Å². The minimum Gasteiger partial charge on any atom is -0.464 e. The van der Waals surface area contributed by atoms with Crippen LogP contribution in [0.3, 0.4) is 0 Å². The van der Waals surface area contributed by atoms with Crippen molar-refractivity contribution < 1.29 is 18.3 Å².